The third-order valence-corrected chi connectivity index (χ3v) is 25.5. The van der Waals surface area contributed by atoms with E-state index in [2.05, 4.69) is 80.5 Å². The molecule has 202 valence electrons. The van der Waals surface area contributed by atoms with Gasteiger partial charge in [-0.15, -0.1) is 0 Å². The summed E-state index contributed by atoms with van der Waals surface area (Å²) in [6.07, 6.45) is 3.60. The number of carbonyl (C=O) groups is 1. The number of hydrogen-bond donors (Lipinski definition) is 0. The smallest absolute Gasteiger partial charge is 0.393 e. The predicted molar refractivity (Wildman–Crippen MR) is 155 cm³/mol. The minimum Gasteiger partial charge on any atom is -0.492 e. The molecule has 0 bridgehead atoms. The Morgan fingerprint density at radius 3 is 1.56 bits per heavy atom. The lowest BCUT2D eigenvalue weighted by atomic mass is 10.3. The maximum Gasteiger partial charge on any atom is 0.393 e. The lowest BCUT2D eigenvalue weighted by molar-refractivity contribution is -0.130. The minimum atomic E-state index is -2.88. The van der Waals surface area contributed by atoms with E-state index in [0.29, 0.717) is 11.8 Å². The van der Waals surface area contributed by atoms with Crippen molar-refractivity contribution in [1.82, 2.24) is 0 Å². The first-order chi connectivity index (χ1) is 15.2. The van der Waals surface area contributed by atoms with Crippen molar-refractivity contribution in [1.29, 1.82) is 0 Å². The van der Waals surface area contributed by atoms with E-state index in [4.69, 9.17) is 20.9 Å². The molecule has 0 aliphatic carbocycles. The van der Waals surface area contributed by atoms with Gasteiger partial charge < -0.3 is 20.9 Å². The second kappa shape index (κ2) is 13.6. The van der Waals surface area contributed by atoms with Gasteiger partial charge in [0.05, 0.1) is 0 Å². The van der Waals surface area contributed by atoms with Gasteiger partial charge in [-0.1, -0.05) is 54.0 Å². The van der Waals surface area contributed by atoms with Gasteiger partial charge in [0.15, 0.2) is 8.32 Å². The highest BCUT2D eigenvalue weighted by Gasteiger charge is 2.51. The van der Waals surface area contributed by atoms with Crippen molar-refractivity contribution in [3.8, 4) is 0 Å². The van der Waals surface area contributed by atoms with E-state index < -0.39 is 48.5 Å². The summed E-state index contributed by atoms with van der Waals surface area (Å²) in [5.74, 6) is 0.264. The first-order valence-electron chi connectivity index (χ1n) is 12.8. The van der Waals surface area contributed by atoms with Crippen LogP contribution >= 0.6 is 0 Å². The van der Waals surface area contributed by atoms with Gasteiger partial charge in [-0.25, -0.2) is 4.79 Å². The summed E-state index contributed by atoms with van der Waals surface area (Å²) in [5.41, 5.74) is 0. The number of carbonyl (C=O) groups excluding carboxylic acids is 1. The molecule has 0 radical (unpaired) electrons. The zero-order valence-electron chi connectivity index (χ0n) is 24.4. The van der Waals surface area contributed by atoms with Gasteiger partial charge in [-0.2, -0.15) is 0 Å². The van der Waals surface area contributed by atoms with E-state index in [-0.39, 0.29) is 0 Å². The molecular formula is C23H54O6Si5. The quantitative estimate of drug-likeness (QED) is 0.133. The van der Waals surface area contributed by atoms with Crippen molar-refractivity contribution in [2.45, 2.75) is 118 Å². The van der Waals surface area contributed by atoms with Crippen LogP contribution in [0.5, 0.6) is 0 Å². The Bertz CT molecular complexity index is 640. The van der Waals surface area contributed by atoms with Gasteiger partial charge in [-0.05, 0) is 70.3 Å². The van der Waals surface area contributed by atoms with Gasteiger partial charge in [0.25, 0.3) is 0 Å². The molecule has 0 aromatic heterocycles. The first kappa shape index (κ1) is 34.1. The van der Waals surface area contributed by atoms with Crippen LogP contribution in [0.25, 0.3) is 0 Å². The van der Waals surface area contributed by atoms with Crippen LogP contribution in [0.15, 0.2) is 12.7 Å². The number of hydrogen-bond acceptors (Lipinski definition) is 6. The van der Waals surface area contributed by atoms with Gasteiger partial charge in [-0.3, -0.25) is 0 Å². The Balaban J connectivity index is 5.70. The summed E-state index contributed by atoms with van der Waals surface area (Å²) in [5, 5.41) is 0. The zero-order valence-corrected chi connectivity index (χ0v) is 29.4. The summed E-state index contributed by atoms with van der Waals surface area (Å²) < 4.78 is 32.9. The van der Waals surface area contributed by atoms with Crippen molar-refractivity contribution < 1.29 is 25.7 Å². The van der Waals surface area contributed by atoms with E-state index in [0.717, 1.165) is 18.1 Å². The van der Waals surface area contributed by atoms with E-state index in [1.807, 2.05) is 13.1 Å². The molecular weight excluding hydrogens is 513 g/mol. The molecule has 0 aromatic rings. The van der Waals surface area contributed by atoms with Crippen LogP contribution in [-0.4, -0.2) is 48.5 Å². The van der Waals surface area contributed by atoms with Crippen LogP contribution < -0.4 is 0 Å². The molecule has 0 unspecified atom stereocenters. The van der Waals surface area contributed by atoms with Crippen molar-refractivity contribution >= 4 is 48.5 Å². The molecule has 0 N–H and O–H groups in total. The van der Waals surface area contributed by atoms with Crippen molar-refractivity contribution in [3.63, 3.8) is 0 Å². The largest absolute Gasteiger partial charge is 0.492 e. The molecule has 11 heteroatoms. The van der Waals surface area contributed by atoms with Crippen LogP contribution in [0.3, 0.4) is 0 Å². The molecule has 0 aliphatic rings. The van der Waals surface area contributed by atoms with Crippen LogP contribution in [0.4, 0.5) is 0 Å². The Hall–Kier alpha value is 0.134. The van der Waals surface area contributed by atoms with E-state index >= 15 is 0 Å². The Kier molecular flexibility index (Phi) is 13.7. The summed E-state index contributed by atoms with van der Waals surface area (Å²) in [6, 6.07) is 2.60. The molecule has 6 nitrogen and oxygen atoms in total. The highest BCUT2D eigenvalue weighted by molar-refractivity contribution is 6.90. The van der Waals surface area contributed by atoms with Gasteiger partial charge in [0, 0.05) is 18.2 Å². The number of unbranched alkanes of at least 4 members (excludes halogenated alkanes) is 1. The van der Waals surface area contributed by atoms with Gasteiger partial charge in [0.2, 0.25) is 0 Å². The highest BCUT2D eigenvalue weighted by atomic mass is 28.5. The van der Waals surface area contributed by atoms with Gasteiger partial charge in [0.1, 0.15) is 0 Å². The predicted octanol–water partition coefficient (Wildman–Crippen LogP) is 7.65. The average molecular weight is 567 g/mol. The van der Waals surface area contributed by atoms with Crippen LogP contribution in [-0.2, 0) is 25.7 Å². The highest BCUT2D eigenvalue weighted by Crippen LogP contribution is 2.33. The molecule has 0 spiro atoms. The zero-order chi connectivity index (χ0) is 27.0. The molecule has 0 aromatic carbocycles. The molecule has 34 heavy (non-hydrogen) atoms. The van der Waals surface area contributed by atoms with Crippen molar-refractivity contribution in [2.75, 3.05) is 0 Å². The normalized spacial score (nSPS) is 14.1. The summed E-state index contributed by atoms with van der Waals surface area (Å²) >= 11 is 0. The average Bonchev–Trinajstić information content (AvgIpc) is 2.54. The lowest BCUT2D eigenvalue weighted by Crippen LogP contribution is -2.60. The standard InChI is InChI=1S/C23H54O6Si5/c1-15-17-18-30(7,8)26-31(9,10)27-32(11,12)28-33(13,14)29-34(19-21(3)4,20-22(5)6)25-23(24)16-2/h16,21-22H,2,15,17-20H2,1,3-14H3. The molecule has 0 rings (SSSR count). The molecule has 0 heterocycles. The Labute approximate surface area is 216 Å². The van der Waals surface area contributed by atoms with E-state index in [1.165, 1.54) is 18.9 Å². The van der Waals surface area contributed by atoms with Crippen LogP contribution in [0.1, 0.15) is 47.5 Å². The molecule has 0 atom stereocenters. The third-order valence-electron chi connectivity index (χ3n) is 4.96. The fraction of sp³-hybridized carbons (Fsp3) is 0.870. The van der Waals surface area contributed by atoms with Gasteiger partial charge >= 0.3 is 40.2 Å². The summed E-state index contributed by atoms with van der Waals surface area (Å²) in [7, 11) is -12.3. The topological polar surface area (TPSA) is 63.2 Å². The van der Waals surface area contributed by atoms with E-state index in [1.54, 1.807) is 0 Å². The van der Waals surface area contributed by atoms with E-state index in [9.17, 15) is 4.79 Å². The fourth-order valence-corrected chi connectivity index (χ4v) is 30.5. The summed E-state index contributed by atoms with van der Waals surface area (Å²) in [6.45, 7) is 31.4. The Morgan fingerprint density at radius 2 is 1.18 bits per heavy atom. The monoisotopic (exact) mass is 566 g/mol. The molecule has 0 saturated heterocycles. The molecule has 0 amide bonds. The molecule has 0 aliphatic heterocycles. The molecule has 0 saturated carbocycles. The fourth-order valence-electron chi connectivity index (χ4n) is 4.75. The minimum absolute atomic E-state index is 0.337. The number of rotatable bonds is 17. The second-order valence-corrected chi connectivity index (χ2v) is 30.7. The Morgan fingerprint density at radius 1 is 0.765 bits per heavy atom. The van der Waals surface area contributed by atoms with Crippen molar-refractivity contribution in [3.05, 3.63) is 12.7 Å². The third kappa shape index (κ3) is 14.6. The second-order valence-electron chi connectivity index (χ2n) is 12.2. The maximum atomic E-state index is 12.3. The summed E-state index contributed by atoms with van der Waals surface area (Å²) in [4.78, 5) is 12.3. The van der Waals surface area contributed by atoms with Crippen molar-refractivity contribution in [2.24, 2.45) is 11.8 Å². The SMILES string of the molecule is C=CC(=O)O[Si](CC(C)C)(CC(C)C)O[Si](C)(C)O[Si](C)(C)O[Si](C)(C)O[Si](C)(C)CCCC. The molecule has 0 fully saturated rings. The van der Waals surface area contributed by atoms with Crippen LogP contribution in [0.2, 0.25) is 70.5 Å². The maximum absolute atomic E-state index is 12.3. The first-order valence-corrected chi connectivity index (χ1v) is 26.6. The lowest BCUT2D eigenvalue weighted by Gasteiger charge is -2.43. The van der Waals surface area contributed by atoms with Crippen LogP contribution in [0, 0.1) is 11.8 Å².